The highest BCUT2D eigenvalue weighted by Crippen LogP contribution is 2.25. The summed E-state index contributed by atoms with van der Waals surface area (Å²) in [5.74, 6) is 0.856. The number of hydrogen-bond acceptors (Lipinski definition) is 4. The third-order valence-electron chi connectivity index (χ3n) is 2.76. The zero-order chi connectivity index (χ0) is 12.8. The maximum Gasteiger partial charge on any atom is 0.394 e. The molecule has 3 unspecified atom stereocenters. The lowest BCUT2D eigenvalue weighted by Gasteiger charge is -2.31. The molecule has 1 rings (SSSR count). The first-order chi connectivity index (χ1) is 7.24. The summed E-state index contributed by atoms with van der Waals surface area (Å²) in [6, 6.07) is 0.531. The van der Waals surface area contributed by atoms with Crippen LogP contribution in [-0.2, 0) is 10.4 Å². The van der Waals surface area contributed by atoms with Crippen LogP contribution in [0.2, 0.25) is 0 Å². The van der Waals surface area contributed by atoms with E-state index in [1.165, 1.54) is 19.3 Å². The average Bonchev–Trinajstić information content (AvgIpc) is 2.09. The van der Waals surface area contributed by atoms with Crippen LogP contribution in [0.3, 0.4) is 0 Å². The van der Waals surface area contributed by atoms with E-state index < -0.39 is 10.4 Å². The minimum atomic E-state index is -4.67. The van der Waals surface area contributed by atoms with Gasteiger partial charge in [-0.15, -0.1) is 0 Å². The van der Waals surface area contributed by atoms with Crippen LogP contribution >= 0.6 is 0 Å². The lowest BCUT2D eigenvalue weighted by atomic mass is 9.81. The molecule has 0 saturated heterocycles. The van der Waals surface area contributed by atoms with Gasteiger partial charge in [0.15, 0.2) is 0 Å². The third-order valence-corrected chi connectivity index (χ3v) is 2.76. The van der Waals surface area contributed by atoms with Crippen LogP contribution in [-0.4, -0.2) is 29.6 Å². The molecule has 0 bridgehead atoms. The van der Waals surface area contributed by atoms with Gasteiger partial charge in [0, 0.05) is 12.1 Å². The molecule has 0 heterocycles. The smallest absolute Gasteiger partial charge is 0.326 e. The summed E-state index contributed by atoms with van der Waals surface area (Å²) >= 11 is 0. The van der Waals surface area contributed by atoms with E-state index in [9.17, 15) is 0 Å². The van der Waals surface area contributed by atoms with Gasteiger partial charge in [0.25, 0.3) is 0 Å². The van der Waals surface area contributed by atoms with Gasteiger partial charge in [-0.25, -0.2) is 0 Å². The standard InChI is InChI=1S/C9H20N2.H2O4S/c1-2-3-7-4-5-8(10)9(11)6-7;1-5(2,3)4/h7-9H,2-6,10-11H2,1H3;(H2,1,2,3,4). The maximum absolute atomic E-state index is 8.74. The molecular formula is C9H22N2O4S. The molecule has 98 valence electrons. The molecule has 1 saturated carbocycles. The fourth-order valence-corrected chi connectivity index (χ4v) is 1.99. The van der Waals surface area contributed by atoms with Crippen LogP contribution in [0.1, 0.15) is 39.0 Å². The fraction of sp³-hybridized carbons (Fsp3) is 1.00. The SMILES string of the molecule is CCCC1CCC(N)C(N)C1.O=S(=O)(O)O. The Kier molecular flexibility index (Phi) is 7.09. The molecule has 0 radical (unpaired) electrons. The van der Waals surface area contributed by atoms with E-state index in [1.54, 1.807) is 0 Å². The molecule has 3 atom stereocenters. The lowest BCUT2D eigenvalue weighted by Crippen LogP contribution is -2.45. The Hall–Kier alpha value is -0.210. The number of nitrogens with two attached hydrogens (primary N) is 2. The molecule has 1 aliphatic rings. The van der Waals surface area contributed by atoms with Gasteiger partial charge in [0.05, 0.1) is 0 Å². The van der Waals surface area contributed by atoms with Crippen LogP contribution in [0.4, 0.5) is 0 Å². The molecule has 1 fully saturated rings. The molecule has 0 aromatic carbocycles. The van der Waals surface area contributed by atoms with Crippen molar-refractivity contribution >= 4 is 10.4 Å². The topological polar surface area (TPSA) is 127 Å². The Morgan fingerprint density at radius 2 is 1.69 bits per heavy atom. The minimum Gasteiger partial charge on any atom is -0.326 e. The first-order valence-corrected chi connectivity index (χ1v) is 6.84. The predicted molar refractivity (Wildman–Crippen MR) is 62.4 cm³/mol. The second-order valence-corrected chi connectivity index (χ2v) is 5.14. The van der Waals surface area contributed by atoms with Crippen molar-refractivity contribution in [3.05, 3.63) is 0 Å². The summed E-state index contributed by atoms with van der Waals surface area (Å²) in [7, 11) is -4.67. The third kappa shape index (κ3) is 9.05. The molecule has 0 spiro atoms. The predicted octanol–water partition coefficient (Wildman–Crippen LogP) is 0.588. The molecule has 6 N–H and O–H groups in total. The maximum atomic E-state index is 8.74. The first kappa shape index (κ1) is 15.8. The number of hydrogen-bond donors (Lipinski definition) is 4. The van der Waals surface area contributed by atoms with E-state index in [0.717, 1.165) is 18.8 Å². The van der Waals surface area contributed by atoms with Crippen molar-refractivity contribution in [2.45, 2.75) is 51.1 Å². The van der Waals surface area contributed by atoms with Crippen molar-refractivity contribution in [2.24, 2.45) is 17.4 Å². The largest absolute Gasteiger partial charge is 0.394 e. The van der Waals surface area contributed by atoms with E-state index >= 15 is 0 Å². The van der Waals surface area contributed by atoms with Gasteiger partial charge in [-0.3, -0.25) is 9.11 Å². The zero-order valence-electron chi connectivity index (χ0n) is 9.54. The van der Waals surface area contributed by atoms with Crippen LogP contribution in [0.15, 0.2) is 0 Å². The molecule has 0 aliphatic heterocycles. The van der Waals surface area contributed by atoms with Crippen LogP contribution < -0.4 is 11.5 Å². The van der Waals surface area contributed by atoms with Crippen molar-refractivity contribution < 1.29 is 17.5 Å². The Morgan fingerprint density at radius 1 is 1.19 bits per heavy atom. The zero-order valence-corrected chi connectivity index (χ0v) is 10.4. The molecule has 6 nitrogen and oxygen atoms in total. The van der Waals surface area contributed by atoms with E-state index in [1.807, 2.05) is 0 Å². The molecule has 7 heteroatoms. The van der Waals surface area contributed by atoms with E-state index in [-0.39, 0.29) is 12.1 Å². The summed E-state index contributed by atoms with van der Waals surface area (Å²) in [6.07, 6.45) is 6.19. The number of rotatable bonds is 2. The van der Waals surface area contributed by atoms with Crippen molar-refractivity contribution in [3.8, 4) is 0 Å². The Bertz CT molecular complexity index is 273. The van der Waals surface area contributed by atoms with Gasteiger partial charge < -0.3 is 11.5 Å². The molecule has 16 heavy (non-hydrogen) atoms. The van der Waals surface area contributed by atoms with Gasteiger partial charge >= 0.3 is 10.4 Å². The normalized spacial score (nSPS) is 30.4. The minimum absolute atomic E-state index is 0.264. The van der Waals surface area contributed by atoms with Gasteiger partial charge in [-0.05, 0) is 25.2 Å². The monoisotopic (exact) mass is 254 g/mol. The summed E-state index contributed by atoms with van der Waals surface area (Å²) in [5.41, 5.74) is 11.7. The molecule has 0 aromatic rings. The quantitative estimate of drug-likeness (QED) is 0.534. The van der Waals surface area contributed by atoms with Crippen molar-refractivity contribution in [1.29, 1.82) is 0 Å². The second-order valence-electron chi connectivity index (χ2n) is 4.24. The second kappa shape index (κ2) is 7.18. The Balaban J connectivity index is 0.000000385. The summed E-state index contributed by atoms with van der Waals surface area (Å²) in [4.78, 5) is 0. The highest BCUT2D eigenvalue weighted by atomic mass is 32.3. The summed E-state index contributed by atoms with van der Waals surface area (Å²) < 4.78 is 31.6. The van der Waals surface area contributed by atoms with Gasteiger partial charge in [-0.1, -0.05) is 19.8 Å². The van der Waals surface area contributed by atoms with Crippen LogP contribution in [0.25, 0.3) is 0 Å². The highest BCUT2D eigenvalue weighted by Gasteiger charge is 2.24. The van der Waals surface area contributed by atoms with Crippen molar-refractivity contribution in [1.82, 2.24) is 0 Å². The van der Waals surface area contributed by atoms with E-state index in [2.05, 4.69) is 6.92 Å². The highest BCUT2D eigenvalue weighted by molar-refractivity contribution is 7.79. The van der Waals surface area contributed by atoms with Gasteiger partial charge in [0.2, 0.25) is 0 Å². The molecule has 0 amide bonds. The first-order valence-electron chi connectivity index (χ1n) is 5.45. The molecule has 1 aliphatic carbocycles. The average molecular weight is 254 g/mol. The van der Waals surface area contributed by atoms with Crippen LogP contribution in [0.5, 0.6) is 0 Å². The van der Waals surface area contributed by atoms with E-state index in [4.69, 9.17) is 29.0 Å². The van der Waals surface area contributed by atoms with Gasteiger partial charge in [-0.2, -0.15) is 8.42 Å². The summed E-state index contributed by atoms with van der Waals surface area (Å²) in [5, 5.41) is 0. The van der Waals surface area contributed by atoms with Gasteiger partial charge in [0.1, 0.15) is 0 Å². The summed E-state index contributed by atoms with van der Waals surface area (Å²) in [6.45, 7) is 2.24. The molecule has 0 aromatic heterocycles. The van der Waals surface area contributed by atoms with Crippen molar-refractivity contribution in [3.63, 3.8) is 0 Å². The Labute approximate surface area is 97.0 Å². The fourth-order valence-electron chi connectivity index (χ4n) is 1.99. The van der Waals surface area contributed by atoms with Crippen molar-refractivity contribution in [2.75, 3.05) is 0 Å². The Morgan fingerprint density at radius 3 is 2.06 bits per heavy atom. The molecular weight excluding hydrogens is 232 g/mol. The lowest BCUT2D eigenvalue weighted by molar-refractivity contribution is 0.275. The van der Waals surface area contributed by atoms with Crippen LogP contribution in [0, 0.1) is 5.92 Å². The van der Waals surface area contributed by atoms with E-state index in [0.29, 0.717) is 0 Å².